The van der Waals surface area contributed by atoms with Gasteiger partial charge in [-0.3, -0.25) is 5.32 Å². The summed E-state index contributed by atoms with van der Waals surface area (Å²) in [4.78, 5) is 0. The lowest BCUT2D eigenvalue weighted by atomic mass is 9.95. The standard InChI is InChI=1S/C12H24N2/c1-5-6-7-8-9-12(4,10-13)14-11(2)3/h11,14H,5-9H2,1-4H3. The van der Waals surface area contributed by atoms with Crippen LogP contribution >= 0.6 is 0 Å². The highest BCUT2D eigenvalue weighted by Gasteiger charge is 2.23. The second kappa shape index (κ2) is 6.84. The lowest BCUT2D eigenvalue weighted by molar-refractivity contribution is 0.368. The zero-order valence-electron chi connectivity index (χ0n) is 10.1. The van der Waals surface area contributed by atoms with Crippen molar-refractivity contribution in [3.63, 3.8) is 0 Å². The van der Waals surface area contributed by atoms with Gasteiger partial charge in [0.15, 0.2) is 0 Å². The van der Waals surface area contributed by atoms with Crippen LogP contribution in [0.15, 0.2) is 0 Å². The van der Waals surface area contributed by atoms with Crippen LogP contribution in [0.2, 0.25) is 0 Å². The minimum Gasteiger partial charge on any atom is -0.297 e. The number of hydrogen-bond acceptors (Lipinski definition) is 2. The Labute approximate surface area is 88.7 Å². The maximum Gasteiger partial charge on any atom is 0.104 e. The largest absolute Gasteiger partial charge is 0.297 e. The molecule has 0 spiro atoms. The van der Waals surface area contributed by atoms with Crippen molar-refractivity contribution in [3.05, 3.63) is 0 Å². The van der Waals surface area contributed by atoms with E-state index in [1.54, 1.807) is 0 Å². The summed E-state index contributed by atoms with van der Waals surface area (Å²) in [5, 5.41) is 12.4. The van der Waals surface area contributed by atoms with E-state index in [2.05, 4.69) is 32.2 Å². The van der Waals surface area contributed by atoms with Crippen molar-refractivity contribution in [2.45, 2.75) is 71.4 Å². The molecule has 1 atom stereocenters. The van der Waals surface area contributed by atoms with Crippen LogP contribution in [0.5, 0.6) is 0 Å². The first-order valence-corrected chi connectivity index (χ1v) is 5.73. The molecule has 0 bridgehead atoms. The summed E-state index contributed by atoms with van der Waals surface area (Å²) in [5.74, 6) is 0. The molecule has 2 heteroatoms. The summed E-state index contributed by atoms with van der Waals surface area (Å²) in [6.07, 6.45) is 5.89. The Morgan fingerprint density at radius 1 is 1.29 bits per heavy atom. The van der Waals surface area contributed by atoms with Crippen LogP contribution in [-0.2, 0) is 0 Å². The second-order valence-corrected chi connectivity index (χ2v) is 4.55. The van der Waals surface area contributed by atoms with E-state index in [9.17, 15) is 0 Å². The topological polar surface area (TPSA) is 35.8 Å². The smallest absolute Gasteiger partial charge is 0.104 e. The van der Waals surface area contributed by atoms with Crippen LogP contribution < -0.4 is 5.32 Å². The van der Waals surface area contributed by atoms with Crippen molar-refractivity contribution in [1.82, 2.24) is 5.32 Å². The van der Waals surface area contributed by atoms with Gasteiger partial charge < -0.3 is 0 Å². The van der Waals surface area contributed by atoms with Crippen LogP contribution in [-0.4, -0.2) is 11.6 Å². The third kappa shape index (κ3) is 5.99. The molecule has 0 rings (SSSR count). The first kappa shape index (κ1) is 13.4. The fourth-order valence-corrected chi connectivity index (χ4v) is 1.70. The molecule has 0 saturated carbocycles. The average molecular weight is 196 g/mol. The molecule has 0 aliphatic carbocycles. The normalized spacial score (nSPS) is 15.1. The maximum absolute atomic E-state index is 9.08. The van der Waals surface area contributed by atoms with E-state index in [1.807, 2.05) is 6.92 Å². The van der Waals surface area contributed by atoms with Gasteiger partial charge in [-0.05, 0) is 27.2 Å². The van der Waals surface area contributed by atoms with Crippen molar-refractivity contribution in [2.75, 3.05) is 0 Å². The number of nitrogens with one attached hydrogen (secondary N) is 1. The monoisotopic (exact) mass is 196 g/mol. The van der Waals surface area contributed by atoms with Gasteiger partial charge in [-0.1, -0.05) is 32.6 Å². The number of nitriles is 1. The molecule has 0 aromatic carbocycles. The van der Waals surface area contributed by atoms with Crippen LogP contribution in [0.1, 0.15) is 59.8 Å². The summed E-state index contributed by atoms with van der Waals surface area (Å²) in [5.41, 5.74) is -0.331. The Balaban J connectivity index is 3.83. The molecule has 82 valence electrons. The molecule has 0 heterocycles. The first-order valence-electron chi connectivity index (χ1n) is 5.73. The Bertz CT molecular complexity index is 181. The molecule has 1 unspecified atom stereocenters. The molecule has 0 aliphatic rings. The van der Waals surface area contributed by atoms with Crippen LogP contribution in [0.4, 0.5) is 0 Å². The van der Waals surface area contributed by atoms with Gasteiger partial charge in [0.1, 0.15) is 5.54 Å². The summed E-state index contributed by atoms with van der Waals surface area (Å²) < 4.78 is 0. The third-order valence-corrected chi connectivity index (χ3v) is 2.38. The molecule has 0 amide bonds. The van der Waals surface area contributed by atoms with Gasteiger partial charge in [-0.25, -0.2) is 0 Å². The molecule has 2 nitrogen and oxygen atoms in total. The van der Waals surface area contributed by atoms with E-state index < -0.39 is 0 Å². The van der Waals surface area contributed by atoms with Crippen molar-refractivity contribution in [1.29, 1.82) is 5.26 Å². The molecule has 0 aromatic rings. The molecule has 1 N–H and O–H groups in total. The highest BCUT2D eigenvalue weighted by molar-refractivity contribution is 5.04. The van der Waals surface area contributed by atoms with Crippen molar-refractivity contribution < 1.29 is 0 Å². The minimum absolute atomic E-state index is 0.331. The van der Waals surface area contributed by atoms with E-state index in [0.717, 1.165) is 12.8 Å². The number of unbranched alkanes of at least 4 members (excludes halogenated alkanes) is 3. The summed E-state index contributed by atoms with van der Waals surface area (Å²) in [7, 11) is 0. The number of hydrogen-bond donors (Lipinski definition) is 1. The molecule has 0 aromatic heterocycles. The second-order valence-electron chi connectivity index (χ2n) is 4.55. The van der Waals surface area contributed by atoms with Gasteiger partial charge in [0.25, 0.3) is 0 Å². The van der Waals surface area contributed by atoms with E-state index in [4.69, 9.17) is 5.26 Å². The number of nitrogens with zero attached hydrogens (tertiary/aromatic N) is 1. The van der Waals surface area contributed by atoms with Crippen molar-refractivity contribution in [3.8, 4) is 6.07 Å². The summed E-state index contributed by atoms with van der Waals surface area (Å²) in [6, 6.07) is 2.76. The van der Waals surface area contributed by atoms with E-state index in [0.29, 0.717) is 6.04 Å². The van der Waals surface area contributed by atoms with Crippen molar-refractivity contribution in [2.24, 2.45) is 0 Å². The third-order valence-electron chi connectivity index (χ3n) is 2.38. The predicted molar refractivity (Wildman–Crippen MR) is 61.0 cm³/mol. The molecule has 14 heavy (non-hydrogen) atoms. The van der Waals surface area contributed by atoms with Gasteiger partial charge in [0.05, 0.1) is 6.07 Å². The lowest BCUT2D eigenvalue weighted by Crippen LogP contribution is -2.44. The minimum atomic E-state index is -0.331. The zero-order valence-corrected chi connectivity index (χ0v) is 10.1. The predicted octanol–water partition coefficient (Wildman–Crippen LogP) is 3.24. The van der Waals surface area contributed by atoms with E-state index >= 15 is 0 Å². The summed E-state index contributed by atoms with van der Waals surface area (Å²) in [6.45, 7) is 8.37. The number of rotatable bonds is 7. The Hall–Kier alpha value is -0.550. The zero-order chi connectivity index (χ0) is 11.0. The van der Waals surface area contributed by atoms with Gasteiger partial charge in [0, 0.05) is 6.04 Å². The SMILES string of the molecule is CCCCCCC(C)(C#N)NC(C)C. The first-order chi connectivity index (χ1) is 6.54. The molecular weight excluding hydrogens is 172 g/mol. The Kier molecular flexibility index (Phi) is 6.57. The van der Waals surface area contributed by atoms with Crippen molar-refractivity contribution >= 4 is 0 Å². The Morgan fingerprint density at radius 3 is 2.36 bits per heavy atom. The van der Waals surface area contributed by atoms with Gasteiger partial charge in [0.2, 0.25) is 0 Å². The highest BCUT2D eigenvalue weighted by Crippen LogP contribution is 2.15. The highest BCUT2D eigenvalue weighted by atomic mass is 15.0. The van der Waals surface area contributed by atoms with Crippen LogP contribution in [0.25, 0.3) is 0 Å². The molecule has 0 aliphatic heterocycles. The molecule has 0 saturated heterocycles. The molecule has 0 radical (unpaired) electrons. The van der Waals surface area contributed by atoms with Gasteiger partial charge in [-0.2, -0.15) is 5.26 Å². The van der Waals surface area contributed by atoms with E-state index in [-0.39, 0.29) is 5.54 Å². The fourth-order valence-electron chi connectivity index (χ4n) is 1.70. The van der Waals surface area contributed by atoms with Gasteiger partial charge in [-0.15, -0.1) is 0 Å². The lowest BCUT2D eigenvalue weighted by Gasteiger charge is -2.25. The van der Waals surface area contributed by atoms with Crippen LogP contribution in [0, 0.1) is 11.3 Å². The quantitative estimate of drug-likeness (QED) is 0.634. The fraction of sp³-hybridized carbons (Fsp3) is 0.917. The summed E-state index contributed by atoms with van der Waals surface area (Å²) >= 11 is 0. The van der Waals surface area contributed by atoms with Crippen LogP contribution in [0.3, 0.4) is 0 Å². The molecular formula is C12H24N2. The average Bonchev–Trinajstić information content (AvgIpc) is 2.11. The molecule has 0 fully saturated rings. The van der Waals surface area contributed by atoms with Gasteiger partial charge >= 0.3 is 0 Å². The maximum atomic E-state index is 9.08. The van der Waals surface area contributed by atoms with E-state index in [1.165, 1.54) is 19.3 Å². The Morgan fingerprint density at radius 2 is 1.93 bits per heavy atom.